The normalized spacial score (nSPS) is 9.95. The first-order valence-electron chi connectivity index (χ1n) is 5.43. The molecule has 5 nitrogen and oxygen atoms in total. The number of methoxy groups -OCH3 is 1. The highest BCUT2D eigenvalue weighted by molar-refractivity contribution is 5.89. The van der Waals surface area contributed by atoms with Gasteiger partial charge >= 0.3 is 5.97 Å². The Bertz CT molecular complexity index is 658. The topological polar surface area (TPSA) is 67.9 Å². The molecule has 0 aliphatic rings. The van der Waals surface area contributed by atoms with E-state index in [1.165, 1.54) is 25.4 Å². The third-order valence-corrected chi connectivity index (χ3v) is 2.61. The highest BCUT2D eigenvalue weighted by atomic mass is 19.1. The fourth-order valence-electron chi connectivity index (χ4n) is 1.68. The Hall–Kier alpha value is -2.68. The number of ether oxygens (including phenoxy) is 1. The molecule has 0 amide bonds. The Morgan fingerprint density at radius 3 is 3.00 bits per heavy atom. The molecule has 0 bridgehead atoms. The SMILES string of the molecule is COC(=O)c1ccc(Cn2ccnc2C#N)cc1F. The van der Waals surface area contributed by atoms with Gasteiger partial charge in [0.15, 0.2) is 0 Å². The van der Waals surface area contributed by atoms with Crippen LogP contribution < -0.4 is 0 Å². The maximum absolute atomic E-state index is 13.7. The second-order valence-corrected chi connectivity index (χ2v) is 3.80. The van der Waals surface area contributed by atoms with Crippen molar-refractivity contribution in [2.75, 3.05) is 7.11 Å². The summed E-state index contributed by atoms with van der Waals surface area (Å²) in [5.74, 6) is -1.12. The van der Waals surface area contributed by atoms with Gasteiger partial charge in [0, 0.05) is 18.9 Å². The number of rotatable bonds is 3. The van der Waals surface area contributed by atoms with Gasteiger partial charge in [-0.3, -0.25) is 0 Å². The zero-order chi connectivity index (χ0) is 13.8. The van der Waals surface area contributed by atoms with Gasteiger partial charge in [-0.15, -0.1) is 0 Å². The molecule has 0 aliphatic heterocycles. The number of hydrogen-bond donors (Lipinski definition) is 0. The monoisotopic (exact) mass is 259 g/mol. The van der Waals surface area contributed by atoms with Crippen LogP contribution >= 0.6 is 0 Å². The van der Waals surface area contributed by atoms with Gasteiger partial charge in [-0.25, -0.2) is 14.2 Å². The van der Waals surface area contributed by atoms with E-state index in [2.05, 4.69) is 9.72 Å². The number of nitriles is 1. The van der Waals surface area contributed by atoms with Gasteiger partial charge in [-0.05, 0) is 17.7 Å². The maximum atomic E-state index is 13.7. The van der Waals surface area contributed by atoms with Gasteiger partial charge in [0.25, 0.3) is 0 Å². The summed E-state index contributed by atoms with van der Waals surface area (Å²) >= 11 is 0. The Kier molecular flexibility index (Phi) is 3.57. The number of nitrogens with zero attached hydrogens (tertiary/aromatic N) is 3. The highest BCUT2D eigenvalue weighted by Crippen LogP contribution is 2.13. The molecule has 96 valence electrons. The maximum Gasteiger partial charge on any atom is 0.340 e. The minimum absolute atomic E-state index is 0.114. The zero-order valence-electron chi connectivity index (χ0n) is 10.1. The van der Waals surface area contributed by atoms with E-state index in [1.807, 2.05) is 6.07 Å². The molecule has 2 rings (SSSR count). The molecule has 0 fully saturated rings. The molecule has 0 saturated carbocycles. The van der Waals surface area contributed by atoms with Crippen molar-refractivity contribution >= 4 is 5.97 Å². The number of benzene rings is 1. The predicted octanol–water partition coefficient (Wildman–Crippen LogP) is 1.73. The average molecular weight is 259 g/mol. The van der Waals surface area contributed by atoms with Gasteiger partial charge in [0.1, 0.15) is 11.9 Å². The molecule has 1 aromatic heterocycles. The predicted molar refractivity (Wildman–Crippen MR) is 63.8 cm³/mol. The minimum atomic E-state index is -0.718. The van der Waals surface area contributed by atoms with E-state index in [0.717, 1.165) is 0 Å². The lowest BCUT2D eigenvalue weighted by molar-refractivity contribution is 0.0595. The molecule has 0 aliphatic carbocycles. The number of esters is 1. The molecule has 19 heavy (non-hydrogen) atoms. The summed E-state index contributed by atoms with van der Waals surface area (Å²) in [5.41, 5.74) is 0.511. The number of carbonyl (C=O) groups is 1. The Morgan fingerprint density at radius 2 is 2.37 bits per heavy atom. The van der Waals surface area contributed by atoms with Crippen LogP contribution in [0.5, 0.6) is 0 Å². The number of hydrogen-bond acceptors (Lipinski definition) is 4. The molecular formula is C13H10FN3O2. The quantitative estimate of drug-likeness (QED) is 0.787. The molecule has 0 atom stereocenters. The van der Waals surface area contributed by atoms with E-state index < -0.39 is 11.8 Å². The highest BCUT2D eigenvalue weighted by Gasteiger charge is 2.12. The Morgan fingerprint density at radius 1 is 1.58 bits per heavy atom. The van der Waals surface area contributed by atoms with Crippen LogP contribution in [0.15, 0.2) is 30.6 Å². The smallest absolute Gasteiger partial charge is 0.340 e. The summed E-state index contributed by atoms with van der Waals surface area (Å²) in [6.07, 6.45) is 3.13. The van der Waals surface area contributed by atoms with E-state index in [-0.39, 0.29) is 11.4 Å². The van der Waals surface area contributed by atoms with Gasteiger partial charge < -0.3 is 9.30 Å². The van der Waals surface area contributed by atoms with E-state index in [1.54, 1.807) is 16.8 Å². The third kappa shape index (κ3) is 2.60. The minimum Gasteiger partial charge on any atom is -0.465 e. The number of carbonyl (C=O) groups excluding carboxylic acids is 1. The van der Waals surface area contributed by atoms with Crippen molar-refractivity contribution < 1.29 is 13.9 Å². The van der Waals surface area contributed by atoms with Crippen LogP contribution in [-0.4, -0.2) is 22.6 Å². The molecule has 0 radical (unpaired) electrons. The Labute approximate surface area is 108 Å². The van der Waals surface area contributed by atoms with Crippen molar-refractivity contribution in [2.24, 2.45) is 0 Å². The van der Waals surface area contributed by atoms with Crippen molar-refractivity contribution in [3.05, 3.63) is 53.4 Å². The number of halogens is 1. The second-order valence-electron chi connectivity index (χ2n) is 3.80. The van der Waals surface area contributed by atoms with Crippen LogP contribution in [0.1, 0.15) is 21.7 Å². The summed E-state index contributed by atoms with van der Waals surface area (Å²) in [4.78, 5) is 15.1. The summed E-state index contributed by atoms with van der Waals surface area (Å²) < 4.78 is 19.8. The Balaban J connectivity index is 2.26. The van der Waals surface area contributed by atoms with Crippen molar-refractivity contribution in [1.29, 1.82) is 5.26 Å². The molecule has 0 N–H and O–H groups in total. The lowest BCUT2D eigenvalue weighted by Gasteiger charge is -2.06. The molecule has 2 aromatic rings. The molecular weight excluding hydrogens is 249 g/mol. The molecule has 1 heterocycles. The van der Waals surface area contributed by atoms with Crippen LogP contribution in [-0.2, 0) is 11.3 Å². The van der Waals surface area contributed by atoms with Crippen molar-refractivity contribution in [1.82, 2.24) is 9.55 Å². The van der Waals surface area contributed by atoms with E-state index in [0.29, 0.717) is 12.1 Å². The first-order valence-corrected chi connectivity index (χ1v) is 5.43. The first kappa shape index (κ1) is 12.8. The van der Waals surface area contributed by atoms with E-state index >= 15 is 0 Å². The molecule has 0 spiro atoms. The molecule has 0 saturated heterocycles. The summed E-state index contributed by atoms with van der Waals surface area (Å²) in [6, 6.07) is 6.14. The second kappa shape index (κ2) is 5.31. The van der Waals surface area contributed by atoms with Crippen LogP contribution in [0, 0.1) is 17.1 Å². The van der Waals surface area contributed by atoms with Gasteiger partial charge in [-0.1, -0.05) is 6.07 Å². The van der Waals surface area contributed by atoms with Crippen LogP contribution in [0.2, 0.25) is 0 Å². The van der Waals surface area contributed by atoms with Gasteiger partial charge in [0.05, 0.1) is 12.7 Å². The number of aromatic nitrogens is 2. The lowest BCUT2D eigenvalue weighted by Crippen LogP contribution is -2.07. The number of imidazole rings is 1. The third-order valence-electron chi connectivity index (χ3n) is 2.61. The van der Waals surface area contributed by atoms with Crippen molar-refractivity contribution in [2.45, 2.75) is 6.54 Å². The van der Waals surface area contributed by atoms with Crippen LogP contribution in [0.3, 0.4) is 0 Å². The van der Waals surface area contributed by atoms with Gasteiger partial charge in [0.2, 0.25) is 5.82 Å². The average Bonchev–Trinajstić information content (AvgIpc) is 2.85. The fourth-order valence-corrected chi connectivity index (χ4v) is 1.68. The molecule has 1 aromatic carbocycles. The summed E-state index contributed by atoms with van der Waals surface area (Å²) in [5, 5.41) is 8.82. The van der Waals surface area contributed by atoms with Crippen molar-refractivity contribution in [3.63, 3.8) is 0 Å². The van der Waals surface area contributed by atoms with E-state index in [9.17, 15) is 9.18 Å². The molecule has 6 heteroatoms. The van der Waals surface area contributed by atoms with Crippen LogP contribution in [0.4, 0.5) is 4.39 Å². The summed E-state index contributed by atoms with van der Waals surface area (Å²) in [7, 11) is 1.19. The van der Waals surface area contributed by atoms with Crippen molar-refractivity contribution in [3.8, 4) is 6.07 Å². The standard InChI is InChI=1S/C13H10FN3O2/c1-19-13(18)10-3-2-9(6-11(10)14)8-17-5-4-16-12(17)7-15/h2-6H,8H2,1H3. The molecule has 0 unspecified atom stereocenters. The van der Waals surface area contributed by atoms with E-state index in [4.69, 9.17) is 5.26 Å². The zero-order valence-corrected chi connectivity index (χ0v) is 10.1. The fraction of sp³-hybridized carbons (Fsp3) is 0.154. The first-order chi connectivity index (χ1) is 9.15. The van der Waals surface area contributed by atoms with Gasteiger partial charge in [-0.2, -0.15) is 5.26 Å². The summed E-state index contributed by atoms with van der Waals surface area (Å²) in [6.45, 7) is 0.307. The lowest BCUT2D eigenvalue weighted by atomic mass is 10.1. The largest absolute Gasteiger partial charge is 0.465 e. The van der Waals surface area contributed by atoms with Crippen LogP contribution in [0.25, 0.3) is 0 Å².